The Morgan fingerprint density at radius 2 is 1.76 bits per heavy atom. The van der Waals surface area contributed by atoms with Gasteiger partial charge in [0.2, 0.25) is 0 Å². The molecule has 29 heavy (non-hydrogen) atoms. The Kier molecular flexibility index (Phi) is 6.86. The van der Waals surface area contributed by atoms with Crippen LogP contribution in [0.3, 0.4) is 0 Å². The van der Waals surface area contributed by atoms with Gasteiger partial charge in [0.05, 0.1) is 6.61 Å². The average molecular weight is 398 g/mol. The van der Waals surface area contributed by atoms with Crippen LogP contribution in [0.25, 0.3) is 0 Å². The second-order valence-electron chi connectivity index (χ2n) is 7.73. The molecule has 0 aliphatic carbocycles. The molecule has 1 unspecified atom stereocenters. The Morgan fingerprint density at radius 1 is 1.10 bits per heavy atom. The van der Waals surface area contributed by atoms with Crippen molar-refractivity contribution in [3.05, 3.63) is 65.5 Å². The summed E-state index contributed by atoms with van der Waals surface area (Å²) in [5.74, 6) is 0.410. The third kappa shape index (κ3) is 5.79. The van der Waals surface area contributed by atoms with Crippen molar-refractivity contribution < 1.29 is 18.7 Å². The molecule has 1 heterocycles. The van der Waals surface area contributed by atoms with Gasteiger partial charge in [0.15, 0.2) is 0 Å². The molecule has 1 aliphatic rings. The molecule has 0 saturated carbocycles. The first kappa shape index (κ1) is 20.8. The zero-order chi connectivity index (χ0) is 20.8. The number of nitrogens with zero attached hydrogens (tertiary/aromatic N) is 1. The van der Waals surface area contributed by atoms with Crippen molar-refractivity contribution >= 4 is 11.8 Å². The number of piperidine rings is 1. The summed E-state index contributed by atoms with van der Waals surface area (Å²) in [4.78, 5) is 26.4. The van der Waals surface area contributed by atoms with Gasteiger partial charge in [-0.15, -0.1) is 0 Å². The zero-order valence-corrected chi connectivity index (χ0v) is 16.9. The summed E-state index contributed by atoms with van der Waals surface area (Å²) >= 11 is 0. The first-order valence-electron chi connectivity index (χ1n) is 10.0. The molecule has 0 spiro atoms. The largest absolute Gasteiger partial charge is 0.493 e. The summed E-state index contributed by atoms with van der Waals surface area (Å²) in [6.07, 6.45) is 1.90. The summed E-state index contributed by atoms with van der Waals surface area (Å²) < 4.78 is 19.0. The maximum Gasteiger partial charge on any atom is 0.253 e. The van der Waals surface area contributed by atoms with Crippen LogP contribution < -0.4 is 10.1 Å². The van der Waals surface area contributed by atoms with Gasteiger partial charge in [-0.05, 0) is 75.2 Å². The van der Waals surface area contributed by atoms with E-state index in [2.05, 4.69) is 5.32 Å². The molecule has 1 N–H and O–H groups in total. The van der Waals surface area contributed by atoms with Crippen LogP contribution in [0.4, 0.5) is 4.39 Å². The van der Waals surface area contributed by atoms with Gasteiger partial charge in [-0.2, -0.15) is 0 Å². The smallest absolute Gasteiger partial charge is 0.253 e. The van der Waals surface area contributed by atoms with Gasteiger partial charge in [-0.25, -0.2) is 4.39 Å². The van der Waals surface area contributed by atoms with Crippen LogP contribution in [0.1, 0.15) is 47.4 Å². The third-order valence-electron chi connectivity index (χ3n) is 4.92. The van der Waals surface area contributed by atoms with Crippen LogP contribution in [0, 0.1) is 11.7 Å². The van der Waals surface area contributed by atoms with Gasteiger partial charge in [0, 0.05) is 36.2 Å². The molecule has 1 saturated heterocycles. The first-order valence-corrected chi connectivity index (χ1v) is 10.0. The van der Waals surface area contributed by atoms with Crippen LogP contribution in [0.15, 0.2) is 48.5 Å². The second-order valence-corrected chi connectivity index (χ2v) is 7.73. The molecule has 2 amide bonds. The van der Waals surface area contributed by atoms with Crippen LogP contribution in [-0.2, 0) is 0 Å². The molecule has 1 aliphatic heterocycles. The zero-order valence-electron chi connectivity index (χ0n) is 16.9. The number of hydrogen-bond donors (Lipinski definition) is 1. The van der Waals surface area contributed by atoms with Gasteiger partial charge in [0.25, 0.3) is 11.8 Å². The number of benzene rings is 2. The Bertz CT molecular complexity index is 834. The molecule has 0 bridgehead atoms. The highest BCUT2D eigenvalue weighted by Crippen LogP contribution is 2.21. The van der Waals surface area contributed by atoms with E-state index in [9.17, 15) is 14.0 Å². The monoisotopic (exact) mass is 398 g/mol. The summed E-state index contributed by atoms with van der Waals surface area (Å²) in [6.45, 7) is 5.66. The van der Waals surface area contributed by atoms with Gasteiger partial charge in [-0.1, -0.05) is 0 Å². The van der Waals surface area contributed by atoms with Crippen molar-refractivity contribution in [1.29, 1.82) is 0 Å². The molecule has 5 nitrogen and oxygen atoms in total. The lowest BCUT2D eigenvalue weighted by molar-refractivity contribution is 0.0633. The van der Waals surface area contributed by atoms with Crippen molar-refractivity contribution in [3.63, 3.8) is 0 Å². The minimum absolute atomic E-state index is 0.0739. The summed E-state index contributed by atoms with van der Waals surface area (Å²) in [5.41, 5.74) is 1.10. The Hall–Kier alpha value is -2.89. The lowest BCUT2D eigenvalue weighted by Gasteiger charge is -2.32. The highest BCUT2D eigenvalue weighted by molar-refractivity contribution is 5.94. The number of rotatable bonds is 6. The summed E-state index contributed by atoms with van der Waals surface area (Å²) in [7, 11) is 0. The molecule has 0 radical (unpaired) electrons. The number of carbonyl (C=O) groups is 2. The van der Waals surface area contributed by atoms with Gasteiger partial charge in [-0.3, -0.25) is 9.59 Å². The highest BCUT2D eigenvalue weighted by Gasteiger charge is 2.25. The van der Waals surface area contributed by atoms with Crippen LogP contribution in [-0.4, -0.2) is 42.5 Å². The molecule has 6 heteroatoms. The molecule has 154 valence electrons. The number of carbonyl (C=O) groups excluding carboxylic acids is 2. The molecule has 2 aromatic rings. The maximum atomic E-state index is 13.1. The molecule has 3 rings (SSSR count). The highest BCUT2D eigenvalue weighted by atomic mass is 19.1. The van der Waals surface area contributed by atoms with Gasteiger partial charge < -0.3 is 15.0 Å². The van der Waals surface area contributed by atoms with E-state index in [0.29, 0.717) is 36.6 Å². The van der Waals surface area contributed by atoms with E-state index < -0.39 is 0 Å². The van der Waals surface area contributed by atoms with Crippen molar-refractivity contribution in [1.82, 2.24) is 10.2 Å². The molecular formula is C23H27FN2O3. The first-order chi connectivity index (χ1) is 13.9. The van der Waals surface area contributed by atoms with E-state index >= 15 is 0 Å². The van der Waals surface area contributed by atoms with Crippen molar-refractivity contribution in [3.8, 4) is 5.75 Å². The Labute approximate surface area is 170 Å². The van der Waals surface area contributed by atoms with E-state index in [1.165, 1.54) is 24.3 Å². The summed E-state index contributed by atoms with van der Waals surface area (Å²) in [6, 6.07) is 12.8. The Balaban J connectivity index is 1.52. The fourth-order valence-electron chi connectivity index (χ4n) is 3.42. The maximum absolute atomic E-state index is 13.1. The van der Waals surface area contributed by atoms with Crippen molar-refractivity contribution in [2.45, 2.75) is 32.7 Å². The molecule has 1 atom stereocenters. The third-order valence-corrected chi connectivity index (χ3v) is 4.92. The SMILES string of the molecule is CC(C)NC(=O)c1ccc(OCC2CCCN(C(=O)c3ccc(F)cc3)C2)cc1. The molecule has 2 aromatic carbocycles. The van der Waals surface area contributed by atoms with E-state index in [0.717, 1.165) is 12.8 Å². The minimum Gasteiger partial charge on any atom is -0.493 e. The van der Waals surface area contributed by atoms with Crippen LogP contribution in [0.2, 0.25) is 0 Å². The molecular weight excluding hydrogens is 371 g/mol. The number of nitrogens with one attached hydrogen (secondary N) is 1. The van der Waals surface area contributed by atoms with Gasteiger partial charge >= 0.3 is 0 Å². The number of amides is 2. The lowest BCUT2D eigenvalue weighted by atomic mass is 9.98. The number of likely N-dealkylation sites (tertiary alicyclic amines) is 1. The predicted octanol–water partition coefficient (Wildman–Crippen LogP) is 3.90. The fraction of sp³-hybridized carbons (Fsp3) is 0.391. The van der Waals surface area contributed by atoms with Crippen LogP contribution in [0.5, 0.6) is 5.75 Å². The quantitative estimate of drug-likeness (QED) is 0.803. The second kappa shape index (κ2) is 9.54. The number of halogens is 1. The average Bonchev–Trinajstić information content (AvgIpc) is 2.72. The fourth-order valence-corrected chi connectivity index (χ4v) is 3.42. The number of ether oxygens (including phenoxy) is 1. The number of hydrogen-bond acceptors (Lipinski definition) is 3. The minimum atomic E-state index is -0.348. The van der Waals surface area contributed by atoms with E-state index in [4.69, 9.17) is 4.74 Å². The Morgan fingerprint density at radius 3 is 2.41 bits per heavy atom. The van der Waals surface area contributed by atoms with E-state index in [-0.39, 0.29) is 29.6 Å². The lowest BCUT2D eigenvalue weighted by Crippen LogP contribution is -2.41. The molecule has 1 fully saturated rings. The topological polar surface area (TPSA) is 58.6 Å². The van der Waals surface area contributed by atoms with Crippen molar-refractivity contribution in [2.24, 2.45) is 5.92 Å². The van der Waals surface area contributed by atoms with E-state index in [1.54, 1.807) is 24.3 Å². The van der Waals surface area contributed by atoms with Gasteiger partial charge in [0.1, 0.15) is 11.6 Å². The molecule has 0 aromatic heterocycles. The van der Waals surface area contributed by atoms with Crippen molar-refractivity contribution in [2.75, 3.05) is 19.7 Å². The normalized spacial score (nSPS) is 16.6. The standard InChI is InChI=1S/C23H27FN2O3/c1-16(2)25-22(27)18-7-11-21(12-8-18)29-15-17-4-3-13-26(14-17)23(28)19-5-9-20(24)10-6-19/h5-12,16-17H,3-4,13-15H2,1-2H3,(H,25,27). The predicted molar refractivity (Wildman–Crippen MR) is 110 cm³/mol. The van der Waals surface area contributed by atoms with Crippen LogP contribution >= 0.6 is 0 Å². The summed E-state index contributed by atoms with van der Waals surface area (Å²) in [5, 5.41) is 2.86. The van der Waals surface area contributed by atoms with E-state index in [1.807, 2.05) is 18.7 Å².